The van der Waals surface area contributed by atoms with Gasteiger partial charge in [0, 0.05) is 25.4 Å². The fourth-order valence-corrected chi connectivity index (χ4v) is 3.40. The molecule has 0 bridgehead atoms. The summed E-state index contributed by atoms with van der Waals surface area (Å²) in [6, 6.07) is 18.2. The standard InChI is InChI=1S/C18H21NO2.C6H4F3NO/c20-12-13-21-18-14-16(15-6-2-1-3-7-15)8-9-17(18)19-10-4-5-11-19;7-6(8,9)4-1-2-5(11)10-3-4/h1-3,6-9,14,20H,4-5,10-13H2;1-3H,(H,10,11). The monoisotopic (exact) mass is 446 g/mol. The lowest BCUT2D eigenvalue weighted by Gasteiger charge is -2.22. The Morgan fingerprint density at radius 3 is 2.28 bits per heavy atom. The van der Waals surface area contributed by atoms with E-state index in [4.69, 9.17) is 9.84 Å². The third-order valence-electron chi connectivity index (χ3n) is 4.97. The number of pyridine rings is 1. The first-order chi connectivity index (χ1) is 15.4. The number of aliphatic hydroxyl groups excluding tert-OH is 1. The van der Waals surface area contributed by atoms with Crippen LogP contribution in [0.4, 0.5) is 18.9 Å². The van der Waals surface area contributed by atoms with Gasteiger partial charge in [-0.1, -0.05) is 36.4 Å². The molecular formula is C24H25F3N2O3. The topological polar surface area (TPSA) is 65.6 Å². The van der Waals surface area contributed by atoms with E-state index in [0.717, 1.165) is 42.2 Å². The number of ether oxygens (including phenoxy) is 1. The van der Waals surface area contributed by atoms with Crippen molar-refractivity contribution in [1.29, 1.82) is 0 Å². The second kappa shape index (κ2) is 10.9. The number of rotatable bonds is 5. The first kappa shape index (κ1) is 23.4. The van der Waals surface area contributed by atoms with Gasteiger partial charge in [0.2, 0.25) is 5.56 Å². The lowest BCUT2D eigenvalue weighted by Crippen LogP contribution is -2.19. The van der Waals surface area contributed by atoms with E-state index in [1.165, 1.54) is 18.4 Å². The molecule has 0 saturated carbocycles. The maximum atomic E-state index is 11.8. The lowest BCUT2D eigenvalue weighted by molar-refractivity contribution is -0.137. The van der Waals surface area contributed by atoms with Crippen LogP contribution in [-0.4, -0.2) is 36.4 Å². The van der Waals surface area contributed by atoms with Gasteiger partial charge >= 0.3 is 6.18 Å². The van der Waals surface area contributed by atoms with Gasteiger partial charge in [-0.3, -0.25) is 4.79 Å². The molecule has 1 aliphatic rings. The minimum atomic E-state index is -4.38. The Labute approximate surface area is 184 Å². The molecule has 4 rings (SSSR count). The Morgan fingerprint density at radius 2 is 1.69 bits per heavy atom. The lowest BCUT2D eigenvalue weighted by atomic mass is 10.0. The van der Waals surface area contributed by atoms with Crippen LogP contribution in [-0.2, 0) is 6.18 Å². The number of benzene rings is 2. The molecule has 5 nitrogen and oxygen atoms in total. The number of alkyl halides is 3. The third kappa shape index (κ3) is 6.37. The van der Waals surface area contributed by atoms with Crippen LogP contribution >= 0.6 is 0 Å². The third-order valence-corrected chi connectivity index (χ3v) is 4.97. The number of aromatic nitrogens is 1. The number of nitrogens with one attached hydrogen (secondary N) is 1. The van der Waals surface area contributed by atoms with Crippen molar-refractivity contribution in [2.75, 3.05) is 31.2 Å². The predicted octanol–water partition coefficient (Wildman–Crippen LogP) is 4.72. The number of halogens is 3. The fourth-order valence-electron chi connectivity index (χ4n) is 3.40. The Kier molecular flexibility index (Phi) is 7.94. The Balaban J connectivity index is 0.000000222. The van der Waals surface area contributed by atoms with Crippen LogP contribution in [0.5, 0.6) is 5.75 Å². The summed E-state index contributed by atoms with van der Waals surface area (Å²) in [6.07, 6.45) is -1.27. The minimum absolute atomic E-state index is 0.0367. The quantitative estimate of drug-likeness (QED) is 0.595. The summed E-state index contributed by atoms with van der Waals surface area (Å²) in [7, 11) is 0. The summed E-state index contributed by atoms with van der Waals surface area (Å²) in [5.41, 5.74) is 2.07. The van der Waals surface area contributed by atoms with Crippen molar-refractivity contribution in [2.24, 2.45) is 0 Å². The van der Waals surface area contributed by atoms with Crippen molar-refractivity contribution in [1.82, 2.24) is 4.98 Å². The summed E-state index contributed by atoms with van der Waals surface area (Å²) in [6.45, 7) is 2.54. The van der Waals surface area contributed by atoms with E-state index in [1.807, 2.05) is 23.2 Å². The molecule has 0 radical (unpaired) electrons. The summed E-state index contributed by atoms with van der Waals surface area (Å²) in [5, 5.41) is 9.03. The molecule has 1 aromatic heterocycles. The number of aromatic amines is 1. The number of H-pyrrole nitrogens is 1. The number of nitrogens with zero attached hydrogens (tertiary/aromatic N) is 1. The second-order valence-electron chi connectivity index (χ2n) is 7.25. The number of aliphatic hydroxyl groups is 1. The minimum Gasteiger partial charge on any atom is -0.489 e. The van der Waals surface area contributed by atoms with E-state index in [-0.39, 0.29) is 6.61 Å². The second-order valence-corrected chi connectivity index (χ2v) is 7.25. The van der Waals surface area contributed by atoms with Gasteiger partial charge in [0.05, 0.1) is 17.9 Å². The maximum absolute atomic E-state index is 11.8. The molecule has 0 atom stereocenters. The van der Waals surface area contributed by atoms with Crippen LogP contribution in [0, 0.1) is 0 Å². The molecule has 1 saturated heterocycles. The Morgan fingerprint density at radius 1 is 0.969 bits per heavy atom. The zero-order valence-corrected chi connectivity index (χ0v) is 17.4. The Hall–Kier alpha value is -3.26. The summed E-state index contributed by atoms with van der Waals surface area (Å²) in [4.78, 5) is 14.6. The Bertz CT molecular complexity index is 1030. The first-order valence-corrected chi connectivity index (χ1v) is 10.3. The predicted molar refractivity (Wildman–Crippen MR) is 118 cm³/mol. The van der Waals surface area contributed by atoms with Gasteiger partial charge < -0.3 is 19.7 Å². The number of anilines is 1. The molecule has 170 valence electrons. The van der Waals surface area contributed by atoms with Crippen molar-refractivity contribution in [3.05, 3.63) is 82.8 Å². The summed E-state index contributed by atoms with van der Waals surface area (Å²) < 4.78 is 41.2. The van der Waals surface area contributed by atoms with E-state index in [0.29, 0.717) is 12.8 Å². The highest BCUT2D eigenvalue weighted by Gasteiger charge is 2.30. The maximum Gasteiger partial charge on any atom is 0.417 e. The van der Waals surface area contributed by atoms with E-state index in [9.17, 15) is 18.0 Å². The highest BCUT2D eigenvalue weighted by atomic mass is 19.4. The van der Waals surface area contributed by atoms with E-state index in [2.05, 4.69) is 35.2 Å². The molecule has 2 heterocycles. The zero-order chi connectivity index (χ0) is 23.0. The molecule has 0 spiro atoms. The molecule has 0 unspecified atom stereocenters. The van der Waals surface area contributed by atoms with Gasteiger partial charge in [-0.05, 0) is 42.2 Å². The van der Waals surface area contributed by atoms with Crippen LogP contribution in [0.1, 0.15) is 18.4 Å². The molecule has 0 aliphatic carbocycles. The van der Waals surface area contributed by atoms with Gasteiger partial charge in [-0.2, -0.15) is 13.2 Å². The van der Waals surface area contributed by atoms with E-state index < -0.39 is 17.3 Å². The van der Waals surface area contributed by atoms with Gasteiger partial charge in [0.25, 0.3) is 0 Å². The van der Waals surface area contributed by atoms with Crippen molar-refractivity contribution in [3.8, 4) is 16.9 Å². The average molecular weight is 446 g/mol. The largest absolute Gasteiger partial charge is 0.489 e. The van der Waals surface area contributed by atoms with Crippen LogP contribution in [0.25, 0.3) is 11.1 Å². The first-order valence-electron chi connectivity index (χ1n) is 10.3. The molecule has 1 aliphatic heterocycles. The van der Waals surface area contributed by atoms with Crippen LogP contribution in [0.2, 0.25) is 0 Å². The summed E-state index contributed by atoms with van der Waals surface area (Å²) >= 11 is 0. The molecular weight excluding hydrogens is 421 g/mol. The average Bonchev–Trinajstić information content (AvgIpc) is 3.33. The molecule has 0 amide bonds. The molecule has 2 aromatic carbocycles. The smallest absolute Gasteiger partial charge is 0.417 e. The number of hydrogen-bond acceptors (Lipinski definition) is 4. The van der Waals surface area contributed by atoms with Gasteiger partial charge in [-0.15, -0.1) is 0 Å². The van der Waals surface area contributed by atoms with Gasteiger partial charge in [-0.25, -0.2) is 0 Å². The van der Waals surface area contributed by atoms with Crippen molar-refractivity contribution >= 4 is 5.69 Å². The SMILES string of the molecule is O=c1ccc(C(F)(F)F)c[nH]1.OCCOc1cc(-c2ccccc2)ccc1N1CCCC1. The fraction of sp³-hybridized carbons (Fsp3) is 0.292. The molecule has 3 aromatic rings. The molecule has 32 heavy (non-hydrogen) atoms. The van der Waals surface area contributed by atoms with E-state index in [1.54, 1.807) is 0 Å². The van der Waals surface area contributed by atoms with E-state index >= 15 is 0 Å². The molecule has 2 N–H and O–H groups in total. The highest BCUT2D eigenvalue weighted by molar-refractivity contribution is 5.71. The van der Waals surface area contributed by atoms with Crippen molar-refractivity contribution in [3.63, 3.8) is 0 Å². The van der Waals surface area contributed by atoms with Crippen LogP contribution in [0.15, 0.2) is 71.7 Å². The van der Waals surface area contributed by atoms with Gasteiger partial charge in [0.15, 0.2) is 0 Å². The van der Waals surface area contributed by atoms with Crippen molar-refractivity contribution in [2.45, 2.75) is 19.0 Å². The van der Waals surface area contributed by atoms with Gasteiger partial charge in [0.1, 0.15) is 12.4 Å². The van der Waals surface area contributed by atoms with Crippen LogP contribution < -0.4 is 15.2 Å². The zero-order valence-electron chi connectivity index (χ0n) is 17.4. The van der Waals surface area contributed by atoms with Crippen molar-refractivity contribution < 1.29 is 23.0 Å². The molecule has 8 heteroatoms. The normalized spacial score (nSPS) is 13.4. The highest BCUT2D eigenvalue weighted by Crippen LogP contribution is 2.35. The van der Waals surface area contributed by atoms with Crippen LogP contribution in [0.3, 0.4) is 0 Å². The number of hydrogen-bond donors (Lipinski definition) is 2. The molecule has 1 fully saturated rings. The summed E-state index contributed by atoms with van der Waals surface area (Å²) in [5.74, 6) is 0.868.